The van der Waals surface area contributed by atoms with E-state index in [1.807, 2.05) is 30.6 Å². The average molecular weight is 926 g/mol. The first kappa shape index (κ1) is 39.1. The number of aromatic nitrogens is 3. The van der Waals surface area contributed by atoms with Crippen molar-refractivity contribution in [3.63, 3.8) is 0 Å². The van der Waals surface area contributed by atoms with Crippen LogP contribution >= 0.6 is 47.8 Å². The Bertz CT molecular complexity index is 2710. The van der Waals surface area contributed by atoms with Crippen LogP contribution in [0.25, 0.3) is 61.1 Å². The fourth-order valence-corrected chi connectivity index (χ4v) is 9.16. The van der Waals surface area contributed by atoms with Gasteiger partial charge in [-0.05, 0) is 114 Å². The average Bonchev–Trinajstić information content (AvgIpc) is 3.74. The van der Waals surface area contributed by atoms with Gasteiger partial charge >= 0.3 is 0 Å². The molecule has 0 amide bonds. The number of fused-ring (bicyclic) bond motifs is 6. The van der Waals surface area contributed by atoms with Crippen LogP contribution in [0.15, 0.2) is 184 Å². The first-order valence-electron chi connectivity index (χ1n) is 18.1. The highest BCUT2D eigenvalue weighted by Crippen LogP contribution is 2.37. The lowest BCUT2D eigenvalue weighted by atomic mass is 10.1. The fraction of sp³-hybridized carbons (Fsp3) is 0.0800. The summed E-state index contributed by atoms with van der Waals surface area (Å²) in [5.74, 6) is 0. The van der Waals surface area contributed by atoms with Crippen LogP contribution in [0.1, 0.15) is 31.1 Å². The molecule has 0 atom stereocenters. The summed E-state index contributed by atoms with van der Waals surface area (Å²) in [4.78, 5) is 9.00. The largest absolute Gasteiger partial charge is 0.309 e. The Balaban J connectivity index is 0.000000155. The Morgan fingerprint density at radius 1 is 0.482 bits per heavy atom. The van der Waals surface area contributed by atoms with E-state index in [1.54, 1.807) is 0 Å². The van der Waals surface area contributed by atoms with Gasteiger partial charge in [-0.25, -0.2) is 0 Å². The predicted molar refractivity (Wildman–Crippen MR) is 250 cm³/mol. The van der Waals surface area contributed by atoms with Crippen LogP contribution in [0.4, 0.5) is 0 Å². The molecule has 9 aromatic rings. The molecule has 278 valence electrons. The molecule has 56 heavy (non-hydrogen) atoms. The van der Waals surface area contributed by atoms with Crippen molar-refractivity contribution >= 4 is 69.6 Å². The third-order valence-corrected chi connectivity index (χ3v) is 11.2. The van der Waals surface area contributed by atoms with Gasteiger partial charge in [-0.3, -0.25) is 9.97 Å². The van der Waals surface area contributed by atoms with E-state index in [1.165, 1.54) is 55.2 Å². The van der Waals surface area contributed by atoms with Crippen LogP contribution in [-0.4, -0.2) is 14.5 Å². The minimum absolute atomic E-state index is 0. The van der Waals surface area contributed by atoms with E-state index in [4.69, 9.17) is 0 Å². The van der Waals surface area contributed by atoms with Gasteiger partial charge in [0.1, 0.15) is 0 Å². The van der Waals surface area contributed by atoms with E-state index in [0.29, 0.717) is 0 Å². The van der Waals surface area contributed by atoms with Crippen LogP contribution in [-0.2, 0) is 6.42 Å². The fourth-order valence-electron chi connectivity index (χ4n) is 7.39. The molecule has 0 saturated heterocycles. The standard InChI is InChI=1S/C24H17BrN2.C13H10.C12H9Br2N.CH4.H2/c1-16-7-6-12-26-24(16)17-13-18(25)15-19(14-17)27-22-10-4-2-8-20(22)21-9-3-5-11-23(21)27;1-3-7-12-10(5-1)9-11-6-2-4-8-13(11)12;1-8-3-2-4-15-12(8)9-5-10(13)7-11(14)6-9;;/h2-15H,1H3;1-8H,9H2;2-7H,1H3;1H4;1H/i;;;;1+1. The smallest absolute Gasteiger partial charge is 0.0732 e. The molecular weight excluding hydrogens is 882 g/mol. The third kappa shape index (κ3) is 8.20. The highest BCUT2D eigenvalue weighted by Gasteiger charge is 2.16. The molecule has 3 heterocycles. The van der Waals surface area contributed by atoms with Gasteiger partial charge in [-0.1, -0.05) is 152 Å². The van der Waals surface area contributed by atoms with E-state index in [0.717, 1.165) is 48.0 Å². The summed E-state index contributed by atoms with van der Waals surface area (Å²) in [6.07, 6.45) is 4.77. The maximum atomic E-state index is 4.61. The van der Waals surface area contributed by atoms with Crippen molar-refractivity contribution in [3.05, 3.63) is 206 Å². The molecular formula is C50H42Br3N3. The summed E-state index contributed by atoms with van der Waals surface area (Å²) in [6, 6.07) is 55.2. The number of aryl methyl sites for hydroxylation is 2. The van der Waals surface area contributed by atoms with E-state index in [-0.39, 0.29) is 8.85 Å². The van der Waals surface area contributed by atoms with E-state index >= 15 is 0 Å². The molecule has 1 aliphatic rings. The highest BCUT2D eigenvalue weighted by atomic mass is 79.9. The van der Waals surface area contributed by atoms with Crippen LogP contribution in [0.3, 0.4) is 0 Å². The van der Waals surface area contributed by atoms with Crippen molar-refractivity contribution in [2.24, 2.45) is 0 Å². The number of hydrogen-bond donors (Lipinski definition) is 0. The van der Waals surface area contributed by atoms with E-state index in [9.17, 15) is 0 Å². The summed E-state index contributed by atoms with van der Waals surface area (Å²) in [5.41, 5.74) is 15.9. The summed E-state index contributed by atoms with van der Waals surface area (Å²) in [6.45, 7) is 4.17. The number of nitrogens with zero attached hydrogens (tertiary/aromatic N) is 3. The monoisotopic (exact) mass is 922 g/mol. The van der Waals surface area contributed by atoms with E-state index < -0.39 is 0 Å². The topological polar surface area (TPSA) is 30.7 Å². The molecule has 10 rings (SSSR count). The Kier molecular flexibility index (Phi) is 12.1. The third-order valence-electron chi connectivity index (χ3n) is 9.85. The number of rotatable bonds is 3. The number of pyridine rings is 2. The summed E-state index contributed by atoms with van der Waals surface area (Å²) >= 11 is 10.7. The highest BCUT2D eigenvalue weighted by molar-refractivity contribution is 9.11. The molecule has 0 spiro atoms. The van der Waals surface area contributed by atoms with Crippen LogP contribution in [0.2, 0.25) is 0 Å². The van der Waals surface area contributed by atoms with Gasteiger partial charge in [0.25, 0.3) is 0 Å². The molecule has 3 aromatic heterocycles. The van der Waals surface area contributed by atoms with Crippen molar-refractivity contribution < 1.29 is 1.43 Å². The van der Waals surface area contributed by atoms with Crippen LogP contribution in [0.5, 0.6) is 0 Å². The second-order valence-electron chi connectivity index (χ2n) is 13.6. The normalized spacial score (nSPS) is 11.1. The van der Waals surface area contributed by atoms with Gasteiger partial charge in [-0.2, -0.15) is 0 Å². The van der Waals surface area contributed by atoms with Crippen LogP contribution in [0, 0.1) is 13.8 Å². The molecule has 0 bridgehead atoms. The summed E-state index contributed by atoms with van der Waals surface area (Å²) in [5, 5.41) is 2.53. The zero-order valence-corrected chi connectivity index (χ0v) is 35.1. The lowest BCUT2D eigenvalue weighted by molar-refractivity contribution is 1.17. The molecule has 0 fully saturated rings. The van der Waals surface area contributed by atoms with Gasteiger partial charge in [0.15, 0.2) is 0 Å². The van der Waals surface area contributed by atoms with Gasteiger partial charge in [0, 0.05) is 54.8 Å². The molecule has 0 N–H and O–H groups in total. The van der Waals surface area contributed by atoms with Gasteiger partial charge in [0.2, 0.25) is 0 Å². The van der Waals surface area contributed by atoms with Gasteiger partial charge in [-0.15, -0.1) is 0 Å². The Hall–Kier alpha value is -5.14. The molecule has 0 aliphatic heterocycles. The Morgan fingerprint density at radius 2 is 0.911 bits per heavy atom. The quantitative estimate of drug-likeness (QED) is 0.177. The predicted octanol–water partition coefficient (Wildman–Crippen LogP) is 15.6. The van der Waals surface area contributed by atoms with Crippen molar-refractivity contribution in [1.82, 2.24) is 14.5 Å². The molecule has 0 saturated carbocycles. The first-order chi connectivity index (χ1) is 26.8. The van der Waals surface area contributed by atoms with Crippen molar-refractivity contribution in [2.45, 2.75) is 27.7 Å². The summed E-state index contributed by atoms with van der Waals surface area (Å²) < 4.78 is 5.48. The summed E-state index contributed by atoms with van der Waals surface area (Å²) in [7, 11) is 0. The van der Waals surface area contributed by atoms with Gasteiger partial charge < -0.3 is 4.57 Å². The molecule has 6 aromatic carbocycles. The minimum atomic E-state index is 0. The molecule has 1 aliphatic carbocycles. The number of hydrogen-bond acceptors (Lipinski definition) is 2. The number of halogens is 3. The SMILES string of the molecule is C.Cc1cccnc1-c1cc(Br)cc(-n2c3ccccc3c3ccccc32)c1.Cc1cccnc1-c1cc(Br)cc(Br)c1.[2HH].c1ccc2c(c1)Cc1ccccc1-2. The molecule has 3 nitrogen and oxygen atoms in total. The second-order valence-corrected chi connectivity index (χ2v) is 16.3. The maximum absolute atomic E-state index is 4.61. The number of para-hydroxylation sites is 2. The Morgan fingerprint density at radius 3 is 1.41 bits per heavy atom. The zero-order valence-electron chi connectivity index (χ0n) is 30.3. The maximum Gasteiger partial charge on any atom is 0.0732 e. The first-order valence-corrected chi connectivity index (χ1v) is 20.5. The minimum Gasteiger partial charge on any atom is -0.309 e. The van der Waals surface area contributed by atoms with Crippen LogP contribution < -0.4 is 0 Å². The molecule has 0 unspecified atom stereocenters. The molecule has 0 radical (unpaired) electrons. The van der Waals surface area contributed by atoms with Gasteiger partial charge in [0.05, 0.1) is 22.4 Å². The number of benzene rings is 6. The van der Waals surface area contributed by atoms with Crippen molar-refractivity contribution in [2.75, 3.05) is 0 Å². The van der Waals surface area contributed by atoms with Crippen molar-refractivity contribution in [1.29, 1.82) is 0 Å². The lowest BCUT2D eigenvalue weighted by Crippen LogP contribution is -1.96. The zero-order chi connectivity index (χ0) is 37.9. The van der Waals surface area contributed by atoms with Crippen molar-refractivity contribution in [3.8, 4) is 39.3 Å². The second kappa shape index (κ2) is 17.3. The van der Waals surface area contributed by atoms with E-state index in [2.05, 4.69) is 216 Å². The molecule has 6 heteroatoms. The lowest BCUT2D eigenvalue weighted by Gasteiger charge is -2.12. The Labute approximate surface area is 356 Å².